The maximum Gasteiger partial charge on any atom is 0.126 e. The van der Waals surface area contributed by atoms with Crippen molar-refractivity contribution in [2.24, 2.45) is 5.92 Å². The van der Waals surface area contributed by atoms with Gasteiger partial charge in [0.25, 0.3) is 0 Å². The number of allylic oxidation sites excluding steroid dienone is 7. The predicted molar refractivity (Wildman–Crippen MR) is 264 cm³/mol. The molecule has 4 heteroatoms. The highest BCUT2D eigenvalue weighted by Crippen LogP contribution is 2.52. The van der Waals surface area contributed by atoms with Crippen molar-refractivity contribution >= 4 is 65.4 Å². The predicted octanol–water partition coefficient (Wildman–Crippen LogP) is 15.2. The van der Waals surface area contributed by atoms with Gasteiger partial charge in [-0.3, -0.25) is 0 Å². The van der Waals surface area contributed by atoms with Crippen molar-refractivity contribution in [1.82, 2.24) is 13.7 Å². The van der Waals surface area contributed by atoms with Gasteiger partial charge < -0.3 is 18.4 Å². The van der Waals surface area contributed by atoms with Crippen molar-refractivity contribution in [2.45, 2.75) is 18.3 Å². The van der Waals surface area contributed by atoms with Gasteiger partial charge in [0.15, 0.2) is 0 Å². The lowest BCUT2D eigenvalue weighted by Crippen LogP contribution is -2.15. The zero-order chi connectivity index (χ0) is 41.9. The summed E-state index contributed by atoms with van der Waals surface area (Å²) in [6.07, 6.45) is 12.5. The first-order valence-electron chi connectivity index (χ1n) is 22.4. The first kappa shape index (κ1) is 35.5. The van der Waals surface area contributed by atoms with Gasteiger partial charge in [0.1, 0.15) is 11.5 Å². The molecule has 302 valence electrons. The minimum atomic E-state index is 0.109. The summed E-state index contributed by atoms with van der Waals surface area (Å²) in [5.41, 5.74) is 14.7. The summed E-state index contributed by atoms with van der Waals surface area (Å²) < 4.78 is 14.0. The third kappa shape index (κ3) is 5.11. The third-order valence-electron chi connectivity index (χ3n) is 14.2. The van der Waals surface area contributed by atoms with Crippen LogP contribution in [0.15, 0.2) is 236 Å². The van der Waals surface area contributed by atoms with Crippen LogP contribution in [0.4, 0.5) is 0 Å². The van der Waals surface area contributed by atoms with Crippen LogP contribution in [0, 0.1) is 5.92 Å². The number of hydrogen-bond acceptors (Lipinski definition) is 1. The Bertz CT molecular complexity index is 3840. The molecule has 4 heterocycles. The van der Waals surface area contributed by atoms with Crippen LogP contribution in [0.25, 0.3) is 82.5 Å². The smallest absolute Gasteiger partial charge is 0.126 e. The van der Waals surface area contributed by atoms with Gasteiger partial charge in [-0.25, -0.2) is 0 Å². The summed E-state index contributed by atoms with van der Waals surface area (Å²) in [4.78, 5) is 0. The molecule has 3 atom stereocenters. The summed E-state index contributed by atoms with van der Waals surface area (Å²) in [5.74, 6) is 2.52. The number of nitrogens with zero attached hydrogens (tertiary/aromatic N) is 3. The number of benzene rings is 8. The van der Waals surface area contributed by atoms with Gasteiger partial charge >= 0.3 is 0 Å². The lowest BCUT2D eigenvalue weighted by atomic mass is 9.75. The highest BCUT2D eigenvalue weighted by atomic mass is 16.5. The average molecular weight is 820 g/mol. The Labute approximate surface area is 370 Å². The maximum atomic E-state index is 6.71. The Balaban J connectivity index is 0.905. The topological polar surface area (TPSA) is 24.0 Å². The number of aromatic nitrogens is 3. The molecule has 14 rings (SSSR count). The lowest BCUT2D eigenvalue weighted by molar-refractivity contribution is 0.320. The van der Waals surface area contributed by atoms with Gasteiger partial charge in [-0.05, 0) is 109 Å². The quantitative estimate of drug-likeness (QED) is 0.170. The Hall–Kier alpha value is -8.08. The number of para-hydroxylation sites is 5. The highest BCUT2D eigenvalue weighted by molar-refractivity contribution is 6.26. The van der Waals surface area contributed by atoms with E-state index >= 15 is 0 Å². The number of fused-ring (bicyclic) bond motifs is 13. The van der Waals surface area contributed by atoms with Gasteiger partial charge in [-0.15, -0.1) is 0 Å². The van der Waals surface area contributed by atoms with E-state index in [4.69, 9.17) is 4.74 Å². The van der Waals surface area contributed by atoms with E-state index in [1.807, 2.05) is 0 Å². The second-order valence-corrected chi connectivity index (χ2v) is 17.5. The Kier molecular flexibility index (Phi) is 7.61. The average Bonchev–Trinajstić information content (AvgIpc) is 4.10. The molecule has 2 aliphatic carbocycles. The molecule has 1 saturated heterocycles. The van der Waals surface area contributed by atoms with Crippen LogP contribution in [0.1, 0.15) is 29.4 Å². The van der Waals surface area contributed by atoms with Crippen molar-refractivity contribution in [1.29, 1.82) is 0 Å². The second-order valence-electron chi connectivity index (χ2n) is 17.5. The molecular formula is C60H41N3O. The molecule has 3 aliphatic rings. The first-order chi connectivity index (χ1) is 31.8. The van der Waals surface area contributed by atoms with Crippen LogP contribution in [0.5, 0.6) is 0 Å². The fourth-order valence-electron chi connectivity index (χ4n) is 11.4. The van der Waals surface area contributed by atoms with Crippen LogP contribution >= 0.6 is 0 Å². The molecule has 0 radical (unpaired) electrons. The van der Waals surface area contributed by atoms with Crippen LogP contribution in [-0.2, 0) is 4.74 Å². The number of hydrogen-bond donors (Lipinski definition) is 0. The van der Waals surface area contributed by atoms with E-state index in [9.17, 15) is 0 Å². The normalized spacial score (nSPS) is 18.1. The largest absolute Gasteiger partial charge is 0.461 e. The summed E-state index contributed by atoms with van der Waals surface area (Å²) in [5, 5.41) is 7.60. The van der Waals surface area contributed by atoms with Gasteiger partial charge in [0, 0.05) is 66.8 Å². The molecule has 1 fully saturated rings. The molecule has 8 aromatic carbocycles. The van der Waals surface area contributed by atoms with E-state index in [1.165, 1.54) is 87.8 Å². The van der Waals surface area contributed by atoms with E-state index in [0.29, 0.717) is 0 Å². The van der Waals surface area contributed by atoms with Crippen LogP contribution < -0.4 is 0 Å². The molecule has 1 aliphatic heterocycles. The Morgan fingerprint density at radius 2 is 1.00 bits per heavy atom. The van der Waals surface area contributed by atoms with Crippen molar-refractivity contribution in [2.75, 3.05) is 0 Å². The SMILES string of the molecule is C1=CC(c2ccc3c(c2)c2ccccc2n3-c2ccccc2)C2C(=C1)OC1=CCC(c3ccc4c(c3)c3ccc5c(c6ccccc6n5-c5ccccc5)c3n4-c3ccccc3)C=C12. The molecule has 0 saturated carbocycles. The standard InChI is InChI=1S/C60H41N3O/c1-4-15-41(16-5-1)61-51-24-12-10-21-45(51)48-37-40(28-32-53(48)61)44-23-14-26-57-58(44)50-36-39(29-34-56(50)64-57)38-27-31-54-49(35-38)46-30-33-55-59(60(46)63(54)43-19-8-3-9-20-43)47-22-11-13-25-52(47)62(55)42-17-6-2-7-18-42/h1-28,30-37,39,44,58H,29H2. The molecule has 0 amide bonds. The van der Waals surface area contributed by atoms with E-state index in [0.717, 1.165) is 29.3 Å². The highest BCUT2D eigenvalue weighted by Gasteiger charge is 2.41. The van der Waals surface area contributed by atoms with Gasteiger partial charge in [-0.2, -0.15) is 0 Å². The van der Waals surface area contributed by atoms with E-state index in [1.54, 1.807) is 0 Å². The third-order valence-corrected chi connectivity index (χ3v) is 14.2. The zero-order valence-electron chi connectivity index (χ0n) is 35.0. The molecule has 3 aromatic heterocycles. The van der Waals surface area contributed by atoms with Crippen LogP contribution in [0.3, 0.4) is 0 Å². The molecule has 3 unspecified atom stereocenters. The monoisotopic (exact) mass is 819 g/mol. The summed E-state index contributed by atoms with van der Waals surface area (Å²) in [7, 11) is 0. The summed E-state index contributed by atoms with van der Waals surface area (Å²) in [6, 6.07) is 69.0. The lowest BCUT2D eigenvalue weighted by Gasteiger charge is -2.26. The minimum absolute atomic E-state index is 0.109. The Morgan fingerprint density at radius 1 is 0.453 bits per heavy atom. The van der Waals surface area contributed by atoms with E-state index in [2.05, 4.69) is 232 Å². The van der Waals surface area contributed by atoms with Crippen LogP contribution in [-0.4, -0.2) is 13.7 Å². The summed E-state index contributed by atoms with van der Waals surface area (Å²) in [6.45, 7) is 0. The first-order valence-corrected chi connectivity index (χ1v) is 22.4. The minimum Gasteiger partial charge on any atom is -0.461 e. The molecule has 11 aromatic rings. The maximum absolute atomic E-state index is 6.71. The van der Waals surface area contributed by atoms with Gasteiger partial charge in [0.2, 0.25) is 0 Å². The molecule has 64 heavy (non-hydrogen) atoms. The fraction of sp³-hybridized carbons (Fsp3) is 0.0667. The van der Waals surface area contributed by atoms with Crippen molar-refractivity contribution in [3.8, 4) is 17.1 Å². The van der Waals surface area contributed by atoms with E-state index in [-0.39, 0.29) is 17.8 Å². The molecule has 0 bridgehead atoms. The number of ether oxygens (including phenoxy) is 1. The van der Waals surface area contributed by atoms with Gasteiger partial charge in [0.05, 0.1) is 39.0 Å². The van der Waals surface area contributed by atoms with Gasteiger partial charge in [-0.1, -0.05) is 127 Å². The van der Waals surface area contributed by atoms with Crippen LogP contribution in [0.2, 0.25) is 0 Å². The Morgan fingerprint density at radius 3 is 1.73 bits per heavy atom. The molecule has 4 nitrogen and oxygen atoms in total. The van der Waals surface area contributed by atoms with Crippen molar-refractivity contribution in [3.05, 3.63) is 247 Å². The van der Waals surface area contributed by atoms with Crippen molar-refractivity contribution < 1.29 is 4.74 Å². The number of rotatable bonds is 5. The zero-order valence-corrected chi connectivity index (χ0v) is 35.0. The second kappa shape index (κ2) is 13.7. The fourth-order valence-corrected chi connectivity index (χ4v) is 11.4. The molecule has 0 N–H and O–H groups in total. The summed E-state index contributed by atoms with van der Waals surface area (Å²) >= 11 is 0. The molecular weight excluding hydrogens is 779 g/mol. The van der Waals surface area contributed by atoms with E-state index < -0.39 is 0 Å². The van der Waals surface area contributed by atoms with Crippen molar-refractivity contribution in [3.63, 3.8) is 0 Å². The molecule has 0 spiro atoms.